The van der Waals surface area contributed by atoms with Crippen LogP contribution in [0, 0.1) is 13.8 Å². The maximum absolute atomic E-state index is 12.6. The van der Waals surface area contributed by atoms with E-state index in [0.29, 0.717) is 6.54 Å². The van der Waals surface area contributed by atoms with Crippen molar-refractivity contribution in [2.75, 3.05) is 19.6 Å². The fraction of sp³-hybridized carbons (Fsp3) is 0.632. The number of nitrogens with zero attached hydrogens (tertiary/aromatic N) is 1. The second-order valence-electron chi connectivity index (χ2n) is 6.92. The quantitative estimate of drug-likeness (QED) is 0.918. The molecule has 0 radical (unpaired) electrons. The van der Waals surface area contributed by atoms with Gasteiger partial charge >= 0.3 is 0 Å². The molecule has 0 aromatic heterocycles. The Balaban J connectivity index is 1.52. The Morgan fingerprint density at radius 1 is 1.21 bits per heavy atom. The highest BCUT2D eigenvalue weighted by atomic mass is 16.5. The van der Waals surface area contributed by atoms with Crippen LogP contribution in [0.3, 0.4) is 0 Å². The van der Waals surface area contributed by atoms with Crippen molar-refractivity contribution in [3.8, 4) is 5.75 Å². The van der Waals surface area contributed by atoms with Crippen molar-refractivity contribution < 1.29 is 14.3 Å². The van der Waals surface area contributed by atoms with Crippen LogP contribution in [-0.2, 0) is 9.53 Å². The van der Waals surface area contributed by atoms with Crippen LogP contribution < -0.4 is 10.5 Å². The molecule has 2 N–H and O–H groups in total. The van der Waals surface area contributed by atoms with Crippen molar-refractivity contribution in [3.63, 3.8) is 0 Å². The zero-order valence-electron chi connectivity index (χ0n) is 14.7. The number of hydrogen-bond acceptors (Lipinski definition) is 4. The molecule has 0 unspecified atom stereocenters. The number of carbonyl (C=O) groups excluding carboxylic acids is 1. The molecule has 1 aromatic carbocycles. The van der Waals surface area contributed by atoms with Crippen LogP contribution in [0.1, 0.15) is 36.8 Å². The van der Waals surface area contributed by atoms with Crippen LogP contribution in [0.25, 0.3) is 0 Å². The van der Waals surface area contributed by atoms with Crippen molar-refractivity contribution in [1.82, 2.24) is 4.90 Å². The van der Waals surface area contributed by atoms with E-state index < -0.39 is 0 Å². The van der Waals surface area contributed by atoms with Crippen LogP contribution in [0.4, 0.5) is 0 Å². The summed E-state index contributed by atoms with van der Waals surface area (Å²) in [5, 5.41) is 0. The molecule has 0 saturated carbocycles. The number of aryl methyl sites for hydroxylation is 2. The number of para-hydroxylation sites is 1. The van der Waals surface area contributed by atoms with Crippen molar-refractivity contribution in [1.29, 1.82) is 0 Å². The highest BCUT2D eigenvalue weighted by molar-refractivity contribution is 5.81. The summed E-state index contributed by atoms with van der Waals surface area (Å²) in [5.41, 5.74) is 7.96. The van der Waals surface area contributed by atoms with E-state index in [4.69, 9.17) is 15.2 Å². The molecule has 2 heterocycles. The number of rotatable bonds is 4. The molecule has 2 saturated heterocycles. The Morgan fingerprint density at radius 3 is 2.46 bits per heavy atom. The Labute approximate surface area is 144 Å². The summed E-state index contributed by atoms with van der Waals surface area (Å²) in [6.45, 7) is 6.12. The first-order valence-electron chi connectivity index (χ1n) is 8.95. The van der Waals surface area contributed by atoms with Crippen molar-refractivity contribution in [3.05, 3.63) is 29.3 Å². The van der Waals surface area contributed by atoms with Gasteiger partial charge in [0.15, 0.2) is 0 Å². The highest BCUT2D eigenvalue weighted by Gasteiger charge is 2.34. The second kappa shape index (κ2) is 7.53. The molecule has 132 valence electrons. The van der Waals surface area contributed by atoms with Gasteiger partial charge in [-0.2, -0.15) is 0 Å². The van der Waals surface area contributed by atoms with E-state index in [9.17, 15) is 4.79 Å². The molecular formula is C19H28N2O3. The minimum absolute atomic E-state index is 0.0452. The average molecular weight is 332 g/mol. The fourth-order valence-electron chi connectivity index (χ4n) is 3.61. The molecule has 1 amide bonds. The van der Waals surface area contributed by atoms with E-state index in [1.807, 2.05) is 4.90 Å². The number of benzene rings is 1. The van der Waals surface area contributed by atoms with Crippen LogP contribution in [-0.4, -0.2) is 48.8 Å². The predicted molar refractivity (Wildman–Crippen MR) is 93.1 cm³/mol. The Morgan fingerprint density at radius 2 is 1.88 bits per heavy atom. The molecule has 0 bridgehead atoms. The number of piperidine rings is 1. The van der Waals surface area contributed by atoms with Gasteiger partial charge in [-0.05, 0) is 37.8 Å². The van der Waals surface area contributed by atoms with Gasteiger partial charge in [-0.3, -0.25) is 4.79 Å². The van der Waals surface area contributed by atoms with Crippen LogP contribution in [0.2, 0.25) is 0 Å². The minimum Gasteiger partial charge on any atom is -0.490 e. The lowest BCUT2D eigenvalue weighted by Crippen LogP contribution is -2.46. The number of amides is 1. The van der Waals surface area contributed by atoms with Crippen molar-refractivity contribution in [2.45, 2.75) is 57.8 Å². The molecule has 2 atom stereocenters. The zero-order valence-corrected chi connectivity index (χ0v) is 14.7. The summed E-state index contributed by atoms with van der Waals surface area (Å²) in [6, 6.07) is 6.20. The average Bonchev–Trinajstić information content (AvgIpc) is 3.07. The van der Waals surface area contributed by atoms with Crippen molar-refractivity contribution >= 4 is 5.91 Å². The van der Waals surface area contributed by atoms with Crippen LogP contribution >= 0.6 is 0 Å². The summed E-state index contributed by atoms with van der Waals surface area (Å²) in [6.07, 6.45) is 3.34. The molecule has 2 fully saturated rings. The maximum atomic E-state index is 12.6. The van der Waals surface area contributed by atoms with E-state index in [1.165, 1.54) is 11.1 Å². The summed E-state index contributed by atoms with van der Waals surface area (Å²) in [7, 11) is 0. The minimum atomic E-state index is -0.297. The van der Waals surface area contributed by atoms with E-state index in [1.54, 1.807) is 0 Å². The third-order valence-electron chi connectivity index (χ3n) is 5.09. The Kier molecular flexibility index (Phi) is 5.41. The normalized spacial score (nSPS) is 25.0. The lowest BCUT2D eigenvalue weighted by molar-refractivity contribution is -0.144. The molecule has 24 heavy (non-hydrogen) atoms. The lowest BCUT2D eigenvalue weighted by Gasteiger charge is -2.34. The SMILES string of the molecule is Cc1cccc(C)c1OC1CCN(C(=O)[C@@H]2CC[C@H](CN)O2)CC1. The van der Waals surface area contributed by atoms with Gasteiger partial charge in [0.1, 0.15) is 18.0 Å². The standard InChI is InChI=1S/C19H28N2O3/c1-13-4-3-5-14(2)18(13)24-15-8-10-21(11-9-15)19(22)17-7-6-16(12-20)23-17/h3-5,15-17H,6-12,20H2,1-2H3/t16-,17+/m1/s1. The third-order valence-corrected chi connectivity index (χ3v) is 5.09. The van der Waals surface area contributed by atoms with E-state index in [-0.39, 0.29) is 24.2 Å². The first-order valence-corrected chi connectivity index (χ1v) is 8.95. The van der Waals surface area contributed by atoms with Gasteiger partial charge in [-0.15, -0.1) is 0 Å². The van der Waals surface area contributed by atoms with Gasteiger partial charge in [0.05, 0.1) is 6.10 Å². The molecule has 0 spiro atoms. The first kappa shape index (κ1) is 17.2. The topological polar surface area (TPSA) is 64.8 Å². The molecule has 5 nitrogen and oxygen atoms in total. The lowest BCUT2D eigenvalue weighted by atomic mass is 10.1. The van der Waals surface area contributed by atoms with E-state index in [0.717, 1.165) is 44.5 Å². The van der Waals surface area contributed by atoms with E-state index in [2.05, 4.69) is 32.0 Å². The monoisotopic (exact) mass is 332 g/mol. The molecule has 5 heteroatoms. The summed E-state index contributed by atoms with van der Waals surface area (Å²) in [4.78, 5) is 14.5. The largest absolute Gasteiger partial charge is 0.490 e. The third kappa shape index (κ3) is 3.73. The molecule has 3 rings (SSSR count). The highest BCUT2D eigenvalue weighted by Crippen LogP contribution is 2.27. The van der Waals surface area contributed by atoms with Gasteiger partial charge in [0.2, 0.25) is 0 Å². The summed E-state index contributed by atoms with van der Waals surface area (Å²) < 4.78 is 12.0. The molecular weight excluding hydrogens is 304 g/mol. The van der Waals surface area contributed by atoms with Crippen LogP contribution in [0.5, 0.6) is 5.75 Å². The summed E-state index contributed by atoms with van der Waals surface area (Å²) in [5.74, 6) is 1.11. The van der Waals surface area contributed by atoms with Gasteiger partial charge in [-0.1, -0.05) is 18.2 Å². The van der Waals surface area contributed by atoms with E-state index >= 15 is 0 Å². The fourth-order valence-corrected chi connectivity index (χ4v) is 3.61. The second-order valence-corrected chi connectivity index (χ2v) is 6.92. The first-order chi connectivity index (χ1) is 11.6. The number of carbonyl (C=O) groups is 1. The zero-order chi connectivity index (χ0) is 17.1. The molecule has 0 aliphatic carbocycles. The van der Waals surface area contributed by atoms with Gasteiger partial charge in [0.25, 0.3) is 5.91 Å². The maximum Gasteiger partial charge on any atom is 0.251 e. The summed E-state index contributed by atoms with van der Waals surface area (Å²) >= 11 is 0. The van der Waals surface area contributed by atoms with Crippen LogP contribution in [0.15, 0.2) is 18.2 Å². The Hall–Kier alpha value is -1.59. The number of hydrogen-bond donors (Lipinski definition) is 1. The smallest absolute Gasteiger partial charge is 0.251 e. The number of nitrogens with two attached hydrogens (primary N) is 1. The molecule has 1 aromatic rings. The van der Waals surface area contributed by atoms with Crippen molar-refractivity contribution in [2.24, 2.45) is 5.73 Å². The molecule has 2 aliphatic heterocycles. The Bertz CT molecular complexity index is 562. The predicted octanol–water partition coefficient (Wildman–Crippen LogP) is 2.18. The van der Waals surface area contributed by atoms with Gasteiger partial charge < -0.3 is 20.1 Å². The van der Waals surface area contributed by atoms with Gasteiger partial charge in [0, 0.05) is 32.5 Å². The number of likely N-dealkylation sites (tertiary alicyclic amines) is 1. The number of ether oxygens (including phenoxy) is 2. The molecule has 2 aliphatic rings. The van der Waals surface area contributed by atoms with Gasteiger partial charge in [-0.25, -0.2) is 0 Å².